The van der Waals surface area contributed by atoms with Gasteiger partial charge in [0.05, 0.1) is 24.2 Å². The number of nitrogens with zero attached hydrogens (tertiary/aromatic N) is 4. The highest BCUT2D eigenvalue weighted by Gasteiger charge is 2.17. The largest absolute Gasteiger partial charge is 0.395 e. The van der Waals surface area contributed by atoms with Crippen LogP contribution in [0.4, 0.5) is 5.69 Å². The lowest BCUT2D eigenvalue weighted by molar-refractivity contribution is 0.189. The Hall–Kier alpha value is -1.63. The maximum Gasteiger partial charge on any atom is 0.123 e. The summed E-state index contributed by atoms with van der Waals surface area (Å²) in [6.07, 6.45) is 0. The van der Waals surface area contributed by atoms with Crippen molar-refractivity contribution in [2.45, 2.75) is 6.54 Å². The SMILES string of the molecule is Cn1c(CN)nc2cc(N3CCN(CCO)CC3)ccc21. The van der Waals surface area contributed by atoms with Gasteiger partial charge in [-0.25, -0.2) is 4.98 Å². The van der Waals surface area contributed by atoms with Crippen molar-refractivity contribution in [3.05, 3.63) is 24.0 Å². The first-order valence-corrected chi connectivity index (χ1v) is 7.46. The Balaban J connectivity index is 1.79. The highest BCUT2D eigenvalue weighted by atomic mass is 16.3. The molecule has 2 aromatic rings. The molecule has 3 rings (SSSR count). The van der Waals surface area contributed by atoms with Gasteiger partial charge in [0, 0.05) is 45.5 Å². The maximum absolute atomic E-state index is 9.00. The van der Waals surface area contributed by atoms with Gasteiger partial charge in [-0.15, -0.1) is 0 Å². The molecule has 0 radical (unpaired) electrons. The van der Waals surface area contributed by atoms with E-state index in [0.717, 1.165) is 49.6 Å². The van der Waals surface area contributed by atoms with E-state index in [9.17, 15) is 0 Å². The number of aromatic nitrogens is 2. The third-order valence-corrected chi connectivity index (χ3v) is 4.29. The molecule has 1 aromatic carbocycles. The van der Waals surface area contributed by atoms with Crippen LogP contribution in [0.3, 0.4) is 0 Å². The van der Waals surface area contributed by atoms with Crippen molar-refractivity contribution in [3.8, 4) is 0 Å². The second-order valence-corrected chi connectivity index (χ2v) is 5.52. The molecule has 1 aliphatic heterocycles. The van der Waals surface area contributed by atoms with E-state index in [4.69, 9.17) is 10.8 Å². The number of β-amino-alcohol motifs (C(OH)–C–C–N with tert-alkyl or cyclic N) is 1. The molecule has 0 aliphatic carbocycles. The highest BCUT2D eigenvalue weighted by molar-refractivity contribution is 5.80. The molecule has 1 aromatic heterocycles. The van der Waals surface area contributed by atoms with Gasteiger partial charge in [0.25, 0.3) is 0 Å². The zero-order valence-electron chi connectivity index (χ0n) is 12.5. The number of piperazine rings is 1. The number of anilines is 1. The normalized spacial score (nSPS) is 16.8. The van der Waals surface area contributed by atoms with E-state index >= 15 is 0 Å². The fourth-order valence-electron chi connectivity index (χ4n) is 2.99. The van der Waals surface area contributed by atoms with Crippen LogP contribution in [-0.2, 0) is 13.6 Å². The summed E-state index contributed by atoms with van der Waals surface area (Å²) in [6.45, 7) is 5.43. The predicted molar refractivity (Wildman–Crippen MR) is 84.3 cm³/mol. The first kappa shape index (κ1) is 14.3. The molecule has 1 aliphatic rings. The summed E-state index contributed by atoms with van der Waals surface area (Å²) >= 11 is 0. The van der Waals surface area contributed by atoms with Gasteiger partial charge in [0.2, 0.25) is 0 Å². The van der Waals surface area contributed by atoms with Crippen molar-refractivity contribution in [2.24, 2.45) is 12.8 Å². The Kier molecular flexibility index (Phi) is 4.10. The number of fused-ring (bicyclic) bond motifs is 1. The molecule has 1 fully saturated rings. The Morgan fingerprint density at radius 2 is 2.00 bits per heavy atom. The van der Waals surface area contributed by atoms with E-state index < -0.39 is 0 Å². The van der Waals surface area contributed by atoms with Crippen molar-refractivity contribution in [2.75, 3.05) is 44.2 Å². The van der Waals surface area contributed by atoms with Crippen LogP contribution in [0.2, 0.25) is 0 Å². The number of imidazole rings is 1. The number of aryl methyl sites for hydroxylation is 1. The van der Waals surface area contributed by atoms with Gasteiger partial charge in [-0.2, -0.15) is 0 Å². The van der Waals surface area contributed by atoms with Crippen LogP contribution < -0.4 is 10.6 Å². The average molecular weight is 289 g/mol. The summed E-state index contributed by atoms with van der Waals surface area (Å²) < 4.78 is 2.05. The van der Waals surface area contributed by atoms with Crippen LogP contribution in [0.1, 0.15) is 5.82 Å². The van der Waals surface area contributed by atoms with Crippen molar-refractivity contribution >= 4 is 16.7 Å². The molecule has 6 heteroatoms. The van der Waals surface area contributed by atoms with Crippen LogP contribution in [-0.4, -0.2) is 58.9 Å². The summed E-state index contributed by atoms with van der Waals surface area (Å²) in [5, 5.41) is 9.00. The molecule has 6 nitrogen and oxygen atoms in total. The van der Waals surface area contributed by atoms with Gasteiger partial charge in [-0.3, -0.25) is 4.90 Å². The second-order valence-electron chi connectivity index (χ2n) is 5.52. The van der Waals surface area contributed by atoms with Crippen LogP contribution in [0.25, 0.3) is 11.0 Å². The summed E-state index contributed by atoms with van der Waals surface area (Å²) in [5.41, 5.74) is 9.07. The molecule has 1 saturated heterocycles. The van der Waals surface area contributed by atoms with E-state index in [1.165, 1.54) is 5.69 Å². The van der Waals surface area contributed by atoms with Crippen molar-refractivity contribution in [1.29, 1.82) is 0 Å². The first-order chi connectivity index (χ1) is 10.2. The quantitative estimate of drug-likeness (QED) is 0.838. The zero-order chi connectivity index (χ0) is 14.8. The van der Waals surface area contributed by atoms with Gasteiger partial charge >= 0.3 is 0 Å². The lowest BCUT2D eigenvalue weighted by atomic mass is 10.2. The molecule has 0 atom stereocenters. The minimum absolute atomic E-state index is 0.238. The van der Waals surface area contributed by atoms with E-state index in [2.05, 4.69) is 37.5 Å². The number of aliphatic hydroxyl groups is 1. The molecule has 0 spiro atoms. The Bertz CT molecular complexity index is 616. The molecule has 0 amide bonds. The van der Waals surface area contributed by atoms with Crippen LogP contribution >= 0.6 is 0 Å². The summed E-state index contributed by atoms with van der Waals surface area (Å²) in [6, 6.07) is 6.43. The third kappa shape index (κ3) is 2.74. The predicted octanol–water partition coefficient (Wildman–Crippen LogP) is 0.146. The summed E-state index contributed by atoms with van der Waals surface area (Å²) in [7, 11) is 2.00. The average Bonchev–Trinajstić information content (AvgIpc) is 2.84. The van der Waals surface area contributed by atoms with E-state index in [-0.39, 0.29) is 6.61 Å². The zero-order valence-corrected chi connectivity index (χ0v) is 12.5. The molecule has 0 saturated carbocycles. The van der Waals surface area contributed by atoms with Crippen molar-refractivity contribution in [3.63, 3.8) is 0 Å². The van der Waals surface area contributed by atoms with Gasteiger partial charge in [-0.05, 0) is 18.2 Å². The lowest BCUT2D eigenvalue weighted by Gasteiger charge is -2.35. The standard InChI is InChI=1S/C15H23N5O/c1-18-14-3-2-12(10-13(14)17-15(18)11-16)20-6-4-19(5-7-20)8-9-21/h2-3,10,21H,4-9,11,16H2,1H3. The number of benzene rings is 1. The fraction of sp³-hybridized carbons (Fsp3) is 0.533. The Morgan fingerprint density at radius 3 is 2.67 bits per heavy atom. The van der Waals surface area contributed by atoms with Crippen molar-refractivity contribution < 1.29 is 5.11 Å². The number of nitrogens with two attached hydrogens (primary N) is 1. The molecule has 2 heterocycles. The third-order valence-electron chi connectivity index (χ3n) is 4.29. The summed E-state index contributed by atoms with van der Waals surface area (Å²) in [4.78, 5) is 9.27. The summed E-state index contributed by atoms with van der Waals surface area (Å²) in [5.74, 6) is 0.912. The van der Waals surface area contributed by atoms with E-state index in [0.29, 0.717) is 6.54 Å². The molecule has 21 heavy (non-hydrogen) atoms. The molecular formula is C15H23N5O. The maximum atomic E-state index is 9.00. The first-order valence-electron chi connectivity index (χ1n) is 7.46. The Morgan fingerprint density at radius 1 is 1.24 bits per heavy atom. The topological polar surface area (TPSA) is 70.6 Å². The highest BCUT2D eigenvalue weighted by Crippen LogP contribution is 2.23. The number of aliphatic hydroxyl groups excluding tert-OH is 1. The van der Waals surface area contributed by atoms with Crippen molar-refractivity contribution in [1.82, 2.24) is 14.5 Å². The van der Waals surface area contributed by atoms with Gasteiger partial charge in [0.1, 0.15) is 5.82 Å². The molecule has 0 bridgehead atoms. The molecule has 114 valence electrons. The second kappa shape index (κ2) is 6.01. The molecular weight excluding hydrogens is 266 g/mol. The van der Waals surface area contributed by atoms with Crippen LogP contribution in [0.15, 0.2) is 18.2 Å². The minimum atomic E-state index is 0.238. The van der Waals surface area contributed by atoms with Gasteiger partial charge in [-0.1, -0.05) is 0 Å². The number of hydrogen-bond acceptors (Lipinski definition) is 5. The van der Waals surface area contributed by atoms with Crippen LogP contribution in [0, 0.1) is 0 Å². The Labute approximate surface area is 124 Å². The number of hydrogen-bond donors (Lipinski definition) is 2. The monoisotopic (exact) mass is 289 g/mol. The lowest BCUT2D eigenvalue weighted by Crippen LogP contribution is -2.47. The minimum Gasteiger partial charge on any atom is -0.395 e. The fourth-order valence-corrected chi connectivity index (χ4v) is 2.99. The van der Waals surface area contributed by atoms with Crippen LogP contribution in [0.5, 0.6) is 0 Å². The van der Waals surface area contributed by atoms with E-state index in [1.807, 2.05) is 7.05 Å². The van der Waals surface area contributed by atoms with Gasteiger partial charge < -0.3 is 20.3 Å². The smallest absolute Gasteiger partial charge is 0.123 e. The number of rotatable bonds is 4. The molecule has 3 N–H and O–H groups in total. The van der Waals surface area contributed by atoms with Gasteiger partial charge in [0.15, 0.2) is 0 Å². The molecule has 0 unspecified atom stereocenters. The van der Waals surface area contributed by atoms with E-state index in [1.54, 1.807) is 0 Å².